The molecule has 1 aromatic carbocycles. The third-order valence-corrected chi connectivity index (χ3v) is 3.89. The van der Waals surface area contributed by atoms with Gasteiger partial charge in [-0.2, -0.15) is 0 Å². The van der Waals surface area contributed by atoms with Crippen molar-refractivity contribution in [3.8, 4) is 0 Å². The second-order valence-electron chi connectivity index (χ2n) is 5.15. The molecule has 2 amide bonds. The highest BCUT2D eigenvalue weighted by molar-refractivity contribution is 6.30. The summed E-state index contributed by atoms with van der Waals surface area (Å²) in [7, 11) is 1.64. The van der Waals surface area contributed by atoms with E-state index in [4.69, 9.17) is 11.6 Å². The number of halogens is 1. The van der Waals surface area contributed by atoms with Gasteiger partial charge in [0.2, 0.25) is 0 Å². The average molecular weight is 297 g/mol. The van der Waals surface area contributed by atoms with Crippen molar-refractivity contribution in [2.24, 2.45) is 0 Å². The largest absolute Gasteiger partial charge is 0.480 e. The van der Waals surface area contributed by atoms with Crippen LogP contribution in [-0.2, 0) is 11.3 Å². The van der Waals surface area contributed by atoms with E-state index in [1.165, 1.54) is 4.90 Å². The predicted octanol–water partition coefficient (Wildman–Crippen LogP) is 2.49. The quantitative estimate of drug-likeness (QED) is 0.897. The Hall–Kier alpha value is -1.75. The molecule has 0 aromatic heterocycles. The van der Waals surface area contributed by atoms with E-state index in [2.05, 4.69) is 5.32 Å². The maximum absolute atomic E-state index is 12.1. The maximum atomic E-state index is 12.1. The fraction of sp³-hybridized carbons (Fsp3) is 0.429. The van der Waals surface area contributed by atoms with Gasteiger partial charge >= 0.3 is 12.0 Å². The third kappa shape index (κ3) is 3.04. The first-order chi connectivity index (χ1) is 9.43. The first kappa shape index (κ1) is 14.7. The molecule has 6 heteroatoms. The van der Waals surface area contributed by atoms with Crippen LogP contribution >= 0.6 is 11.6 Å². The number of carboxylic acids is 1. The number of aliphatic carboxylic acids is 1. The maximum Gasteiger partial charge on any atom is 0.329 e. The number of amides is 2. The summed E-state index contributed by atoms with van der Waals surface area (Å²) in [5.41, 5.74) is -0.143. The number of hydrogen-bond acceptors (Lipinski definition) is 2. The van der Waals surface area contributed by atoms with Crippen molar-refractivity contribution in [1.29, 1.82) is 0 Å². The standard InChI is InChI=1S/C14H17ClN2O3/c1-17(9-10-3-5-11(15)6-4-10)13(20)16-14(12(18)19)7-2-8-14/h3-6H,2,7-9H2,1H3,(H,16,20)(H,18,19). The van der Waals surface area contributed by atoms with Crippen LogP contribution in [0.1, 0.15) is 24.8 Å². The Morgan fingerprint density at radius 1 is 1.35 bits per heavy atom. The van der Waals surface area contributed by atoms with Gasteiger partial charge in [-0.25, -0.2) is 9.59 Å². The van der Waals surface area contributed by atoms with E-state index < -0.39 is 11.5 Å². The van der Waals surface area contributed by atoms with Crippen LogP contribution in [-0.4, -0.2) is 34.6 Å². The molecule has 1 aromatic rings. The first-order valence-electron chi connectivity index (χ1n) is 6.44. The van der Waals surface area contributed by atoms with Crippen LogP contribution in [0.15, 0.2) is 24.3 Å². The van der Waals surface area contributed by atoms with Gasteiger partial charge in [-0.15, -0.1) is 0 Å². The van der Waals surface area contributed by atoms with Gasteiger partial charge in [0.25, 0.3) is 0 Å². The fourth-order valence-corrected chi connectivity index (χ4v) is 2.28. The third-order valence-electron chi connectivity index (χ3n) is 3.64. The molecule has 20 heavy (non-hydrogen) atoms. The Morgan fingerprint density at radius 3 is 2.40 bits per heavy atom. The van der Waals surface area contributed by atoms with E-state index in [0.717, 1.165) is 12.0 Å². The molecule has 0 unspecified atom stereocenters. The molecule has 1 fully saturated rings. The second-order valence-corrected chi connectivity index (χ2v) is 5.59. The smallest absolute Gasteiger partial charge is 0.329 e. The lowest BCUT2D eigenvalue weighted by atomic mass is 9.77. The van der Waals surface area contributed by atoms with Crippen LogP contribution in [0.25, 0.3) is 0 Å². The Labute approximate surface area is 122 Å². The molecule has 0 radical (unpaired) electrons. The Bertz CT molecular complexity index is 512. The molecule has 1 aliphatic rings. The molecule has 1 aliphatic carbocycles. The lowest BCUT2D eigenvalue weighted by Gasteiger charge is -2.39. The monoisotopic (exact) mass is 296 g/mol. The zero-order chi connectivity index (χ0) is 14.8. The second kappa shape index (κ2) is 5.71. The molecular weight excluding hydrogens is 280 g/mol. The number of carbonyl (C=O) groups excluding carboxylic acids is 1. The van der Waals surface area contributed by atoms with E-state index in [-0.39, 0.29) is 6.03 Å². The van der Waals surface area contributed by atoms with Crippen molar-refractivity contribution in [2.75, 3.05) is 7.05 Å². The fourth-order valence-electron chi connectivity index (χ4n) is 2.16. The number of urea groups is 1. The van der Waals surface area contributed by atoms with Crippen molar-refractivity contribution < 1.29 is 14.7 Å². The van der Waals surface area contributed by atoms with Crippen LogP contribution in [0, 0.1) is 0 Å². The summed E-state index contributed by atoms with van der Waals surface area (Å²) in [5.74, 6) is -0.961. The normalized spacial score (nSPS) is 16.1. The number of rotatable bonds is 4. The van der Waals surface area contributed by atoms with E-state index in [1.54, 1.807) is 19.2 Å². The van der Waals surface area contributed by atoms with Gasteiger partial charge in [0.05, 0.1) is 0 Å². The molecule has 0 atom stereocenters. The number of carbonyl (C=O) groups is 2. The molecule has 108 valence electrons. The minimum Gasteiger partial charge on any atom is -0.480 e. The molecule has 2 N–H and O–H groups in total. The Kier molecular flexibility index (Phi) is 4.18. The summed E-state index contributed by atoms with van der Waals surface area (Å²) in [5, 5.41) is 12.4. The van der Waals surface area contributed by atoms with E-state index in [0.29, 0.717) is 24.4 Å². The van der Waals surface area contributed by atoms with Gasteiger partial charge in [-0.05, 0) is 37.0 Å². The molecule has 0 saturated heterocycles. The van der Waals surface area contributed by atoms with Crippen LogP contribution < -0.4 is 5.32 Å². The number of benzene rings is 1. The zero-order valence-corrected chi connectivity index (χ0v) is 12.0. The SMILES string of the molecule is CN(Cc1ccc(Cl)cc1)C(=O)NC1(C(=O)O)CCC1. The molecule has 0 aliphatic heterocycles. The summed E-state index contributed by atoms with van der Waals surface area (Å²) in [6.07, 6.45) is 1.80. The lowest BCUT2D eigenvalue weighted by molar-refractivity contribution is -0.148. The zero-order valence-electron chi connectivity index (χ0n) is 11.2. The highest BCUT2D eigenvalue weighted by Gasteiger charge is 2.46. The summed E-state index contributed by atoms with van der Waals surface area (Å²) in [6, 6.07) is 6.81. The Morgan fingerprint density at radius 2 is 1.95 bits per heavy atom. The van der Waals surface area contributed by atoms with Crippen molar-refractivity contribution in [3.63, 3.8) is 0 Å². The van der Waals surface area contributed by atoms with Gasteiger partial charge in [0.15, 0.2) is 0 Å². The summed E-state index contributed by atoms with van der Waals surface area (Å²) < 4.78 is 0. The highest BCUT2D eigenvalue weighted by Crippen LogP contribution is 2.32. The molecule has 2 rings (SSSR count). The van der Waals surface area contributed by atoms with E-state index in [1.807, 2.05) is 12.1 Å². The molecular formula is C14H17ClN2O3. The van der Waals surface area contributed by atoms with Crippen LogP contribution in [0.2, 0.25) is 5.02 Å². The van der Waals surface area contributed by atoms with Crippen LogP contribution in [0.4, 0.5) is 4.79 Å². The van der Waals surface area contributed by atoms with Crippen LogP contribution in [0.5, 0.6) is 0 Å². The molecule has 1 saturated carbocycles. The summed E-state index contributed by atoms with van der Waals surface area (Å²) in [4.78, 5) is 24.7. The van der Waals surface area contributed by atoms with Crippen molar-refractivity contribution in [3.05, 3.63) is 34.9 Å². The minimum absolute atomic E-state index is 0.373. The number of carboxylic acid groups (broad SMARTS) is 1. The lowest BCUT2D eigenvalue weighted by Crippen LogP contribution is -2.61. The molecule has 5 nitrogen and oxygen atoms in total. The highest BCUT2D eigenvalue weighted by atomic mass is 35.5. The summed E-state index contributed by atoms with van der Waals surface area (Å²) >= 11 is 5.80. The van der Waals surface area contributed by atoms with Gasteiger partial charge in [-0.1, -0.05) is 23.7 Å². The van der Waals surface area contributed by atoms with Crippen LogP contribution in [0.3, 0.4) is 0 Å². The number of hydrogen-bond donors (Lipinski definition) is 2. The number of nitrogens with zero attached hydrogens (tertiary/aromatic N) is 1. The van der Waals surface area contributed by atoms with Crippen molar-refractivity contribution in [2.45, 2.75) is 31.3 Å². The average Bonchev–Trinajstić information content (AvgIpc) is 2.35. The Balaban J connectivity index is 1.95. The predicted molar refractivity (Wildman–Crippen MR) is 75.7 cm³/mol. The van der Waals surface area contributed by atoms with Crippen molar-refractivity contribution >= 4 is 23.6 Å². The van der Waals surface area contributed by atoms with Gasteiger partial charge in [-0.3, -0.25) is 0 Å². The molecule has 0 heterocycles. The number of nitrogens with one attached hydrogen (secondary N) is 1. The topological polar surface area (TPSA) is 69.6 Å². The van der Waals surface area contributed by atoms with Gasteiger partial charge in [0, 0.05) is 18.6 Å². The minimum atomic E-state index is -1.08. The van der Waals surface area contributed by atoms with Crippen molar-refractivity contribution in [1.82, 2.24) is 10.2 Å². The van der Waals surface area contributed by atoms with Gasteiger partial charge in [0.1, 0.15) is 5.54 Å². The molecule has 0 spiro atoms. The van der Waals surface area contributed by atoms with E-state index in [9.17, 15) is 14.7 Å². The first-order valence-corrected chi connectivity index (χ1v) is 6.82. The van der Waals surface area contributed by atoms with Gasteiger partial charge < -0.3 is 15.3 Å². The summed E-state index contributed by atoms with van der Waals surface area (Å²) in [6.45, 7) is 0.401. The van der Waals surface area contributed by atoms with E-state index >= 15 is 0 Å². The molecule has 0 bridgehead atoms.